The molecule has 0 aliphatic carbocycles. The van der Waals surface area contributed by atoms with Crippen molar-refractivity contribution < 1.29 is 9.21 Å². The Hall–Kier alpha value is -3.15. The molecule has 0 aliphatic heterocycles. The van der Waals surface area contributed by atoms with E-state index in [1.165, 1.54) is 6.07 Å². The van der Waals surface area contributed by atoms with Gasteiger partial charge in [-0.05, 0) is 31.2 Å². The van der Waals surface area contributed by atoms with Crippen LogP contribution in [-0.4, -0.2) is 24.0 Å². The molecule has 6 nitrogen and oxygen atoms in total. The van der Waals surface area contributed by atoms with E-state index in [1.807, 2.05) is 25.1 Å². The number of hydrogen-bond acceptors (Lipinski definition) is 5. The van der Waals surface area contributed by atoms with Crippen molar-refractivity contribution in [2.45, 2.75) is 6.92 Å². The number of nitrogens with zero attached hydrogens (tertiary/aromatic N) is 1. The van der Waals surface area contributed by atoms with Gasteiger partial charge in [-0.1, -0.05) is 12.1 Å². The lowest BCUT2D eigenvalue weighted by atomic mass is 10.2. The maximum absolute atomic E-state index is 12.0. The molecule has 0 fully saturated rings. The summed E-state index contributed by atoms with van der Waals surface area (Å²) in [6.45, 7) is 2.77. The van der Waals surface area contributed by atoms with Crippen LogP contribution in [0.5, 0.6) is 0 Å². The van der Waals surface area contributed by atoms with E-state index in [0.717, 1.165) is 11.1 Å². The molecule has 1 amide bonds. The minimum Gasteiger partial charge on any atom is -0.423 e. The number of carbonyl (C=O) groups is 1. The van der Waals surface area contributed by atoms with Crippen molar-refractivity contribution in [3.8, 4) is 0 Å². The van der Waals surface area contributed by atoms with Crippen LogP contribution in [0.15, 0.2) is 57.9 Å². The number of rotatable bonds is 5. The van der Waals surface area contributed by atoms with E-state index in [-0.39, 0.29) is 5.91 Å². The van der Waals surface area contributed by atoms with Gasteiger partial charge in [-0.15, -0.1) is 0 Å². The van der Waals surface area contributed by atoms with Crippen LogP contribution in [0.25, 0.3) is 11.0 Å². The highest BCUT2D eigenvalue weighted by Crippen LogP contribution is 2.20. The first-order valence-electron chi connectivity index (χ1n) is 7.61. The van der Waals surface area contributed by atoms with Crippen LogP contribution in [0, 0.1) is 6.92 Å². The summed E-state index contributed by atoms with van der Waals surface area (Å²) in [6.07, 6.45) is 1.55. The minimum atomic E-state index is -0.411. The highest BCUT2D eigenvalue weighted by molar-refractivity contribution is 5.94. The Bertz CT molecular complexity index is 917. The van der Waals surface area contributed by atoms with E-state index in [4.69, 9.17) is 4.42 Å². The van der Waals surface area contributed by atoms with Gasteiger partial charge in [0, 0.05) is 36.4 Å². The van der Waals surface area contributed by atoms with E-state index in [0.29, 0.717) is 29.9 Å². The first-order valence-corrected chi connectivity index (χ1v) is 7.61. The third kappa shape index (κ3) is 3.60. The van der Waals surface area contributed by atoms with Crippen molar-refractivity contribution in [3.63, 3.8) is 0 Å². The van der Waals surface area contributed by atoms with Crippen molar-refractivity contribution in [1.29, 1.82) is 0 Å². The van der Waals surface area contributed by atoms with Gasteiger partial charge in [0.25, 0.3) is 5.91 Å². The van der Waals surface area contributed by atoms with Gasteiger partial charge >= 0.3 is 5.63 Å². The van der Waals surface area contributed by atoms with Crippen LogP contribution in [0.3, 0.4) is 0 Å². The summed E-state index contributed by atoms with van der Waals surface area (Å²) >= 11 is 0. The van der Waals surface area contributed by atoms with Crippen LogP contribution >= 0.6 is 0 Å². The predicted molar refractivity (Wildman–Crippen MR) is 92.3 cm³/mol. The summed E-state index contributed by atoms with van der Waals surface area (Å²) in [4.78, 5) is 27.7. The molecule has 0 saturated carbocycles. The number of benzene rings is 1. The zero-order valence-corrected chi connectivity index (χ0v) is 13.2. The van der Waals surface area contributed by atoms with Crippen LogP contribution < -0.4 is 16.3 Å². The second kappa shape index (κ2) is 6.95. The number of pyridine rings is 1. The number of aromatic nitrogens is 1. The minimum absolute atomic E-state index is 0.179. The molecule has 0 bridgehead atoms. The number of para-hydroxylation sites is 1. The fourth-order valence-corrected chi connectivity index (χ4v) is 2.34. The molecule has 24 heavy (non-hydrogen) atoms. The molecular weight excluding hydrogens is 306 g/mol. The van der Waals surface area contributed by atoms with Gasteiger partial charge in [0.1, 0.15) is 5.58 Å². The van der Waals surface area contributed by atoms with E-state index < -0.39 is 5.63 Å². The zero-order chi connectivity index (χ0) is 16.9. The molecule has 0 radical (unpaired) electrons. The number of fused-ring (bicyclic) bond motifs is 1. The normalized spacial score (nSPS) is 10.5. The zero-order valence-electron chi connectivity index (χ0n) is 13.2. The number of nitrogens with one attached hydrogen (secondary N) is 2. The average molecular weight is 323 g/mol. The Morgan fingerprint density at radius 2 is 2.00 bits per heavy atom. The number of amides is 1. The molecule has 0 aliphatic rings. The summed E-state index contributed by atoms with van der Waals surface area (Å²) in [5, 5.41) is 6.79. The third-order valence-electron chi connectivity index (χ3n) is 3.55. The molecule has 3 rings (SSSR count). The van der Waals surface area contributed by atoms with Gasteiger partial charge in [-0.3, -0.25) is 9.78 Å². The molecular formula is C18H17N3O3. The van der Waals surface area contributed by atoms with Crippen LogP contribution in [0.1, 0.15) is 16.1 Å². The Labute approximate surface area is 138 Å². The topological polar surface area (TPSA) is 84.2 Å². The molecule has 3 aromatic rings. The summed E-state index contributed by atoms with van der Waals surface area (Å²) in [5.41, 5.74) is 2.19. The van der Waals surface area contributed by atoms with Crippen LogP contribution in [-0.2, 0) is 0 Å². The van der Waals surface area contributed by atoms with E-state index >= 15 is 0 Å². The molecule has 0 spiro atoms. The summed E-state index contributed by atoms with van der Waals surface area (Å²) in [6, 6.07) is 12.2. The number of hydrogen-bond donors (Lipinski definition) is 2. The summed E-state index contributed by atoms with van der Waals surface area (Å²) < 4.78 is 5.14. The highest BCUT2D eigenvalue weighted by Gasteiger charge is 2.06. The van der Waals surface area contributed by atoms with Crippen molar-refractivity contribution in [1.82, 2.24) is 10.3 Å². The predicted octanol–water partition coefficient (Wildman–Crippen LogP) is 2.34. The monoisotopic (exact) mass is 323 g/mol. The quantitative estimate of drug-likeness (QED) is 0.556. The largest absolute Gasteiger partial charge is 0.423 e. The Balaban J connectivity index is 1.60. The van der Waals surface area contributed by atoms with Gasteiger partial charge < -0.3 is 15.1 Å². The lowest BCUT2D eigenvalue weighted by molar-refractivity contribution is 0.0955. The molecule has 0 unspecified atom stereocenters. The number of carbonyl (C=O) groups excluding carboxylic acids is 1. The van der Waals surface area contributed by atoms with Gasteiger partial charge in [-0.2, -0.15) is 0 Å². The molecule has 2 aromatic heterocycles. The first-order chi connectivity index (χ1) is 11.6. The second-order valence-corrected chi connectivity index (χ2v) is 5.35. The number of anilines is 1. The molecule has 0 saturated heterocycles. The highest BCUT2D eigenvalue weighted by atomic mass is 16.4. The molecule has 6 heteroatoms. The Kier molecular flexibility index (Phi) is 4.56. The maximum Gasteiger partial charge on any atom is 0.338 e. The van der Waals surface area contributed by atoms with Crippen LogP contribution in [0.2, 0.25) is 0 Å². The Morgan fingerprint density at radius 3 is 2.79 bits per heavy atom. The lowest BCUT2D eigenvalue weighted by Gasteiger charge is -2.09. The van der Waals surface area contributed by atoms with E-state index in [9.17, 15) is 9.59 Å². The Morgan fingerprint density at radius 1 is 1.17 bits per heavy atom. The van der Waals surface area contributed by atoms with Gasteiger partial charge in [0.15, 0.2) is 0 Å². The maximum atomic E-state index is 12.0. The van der Waals surface area contributed by atoms with Gasteiger partial charge in [0.05, 0.1) is 11.3 Å². The third-order valence-corrected chi connectivity index (χ3v) is 3.55. The smallest absolute Gasteiger partial charge is 0.338 e. The molecule has 1 aromatic carbocycles. The fourth-order valence-electron chi connectivity index (χ4n) is 2.34. The van der Waals surface area contributed by atoms with Crippen LogP contribution in [0.4, 0.5) is 5.69 Å². The van der Waals surface area contributed by atoms with Gasteiger partial charge in [0.2, 0.25) is 0 Å². The van der Waals surface area contributed by atoms with Crippen molar-refractivity contribution >= 4 is 22.6 Å². The summed E-state index contributed by atoms with van der Waals surface area (Å²) in [7, 11) is 0. The van der Waals surface area contributed by atoms with E-state index in [1.54, 1.807) is 24.4 Å². The fraction of sp³-hybridized carbons (Fsp3) is 0.167. The van der Waals surface area contributed by atoms with E-state index in [2.05, 4.69) is 15.6 Å². The first kappa shape index (κ1) is 15.7. The van der Waals surface area contributed by atoms with Crippen molar-refractivity contribution in [3.05, 3.63) is 70.3 Å². The number of aryl methyl sites for hydroxylation is 1. The van der Waals surface area contributed by atoms with Crippen molar-refractivity contribution in [2.75, 3.05) is 18.4 Å². The molecule has 2 heterocycles. The standard InChI is InChI=1S/C18H17N3O3/c1-12-6-7-13(11-21-12)18(23)20-9-8-19-15-10-17(22)24-16-5-3-2-4-14(15)16/h2-7,10-11,19H,8-9H2,1H3,(H,20,23). The summed E-state index contributed by atoms with van der Waals surface area (Å²) in [5.74, 6) is -0.179. The second-order valence-electron chi connectivity index (χ2n) is 5.35. The van der Waals surface area contributed by atoms with Gasteiger partial charge in [-0.25, -0.2) is 4.79 Å². The average Bonchev–Trinajstić information content (AvgIpc) is 2.58. The SMILES string of the molecule is Cc1ccc(C(=O)NCCNc2cc(=O)oc3ccccc23)cn1. The molecule has 122 valence electrons. The molecule has 0 atom stereocenters. The molecule has 2 N–H and O–H groups in total. The van der Waals surface area contributed by atoms with Crippen molar-refractivity contribution in [2.24, 2.45) is 0 Å². The lowest BCUT2D eigenvalue weighted by Crippen LogP contribution is -2.29.